The fourth-order valence-electron chi connectivity index (χ4n) is 2.53. The van der Waals surface area contributed by atoms with Crippen molar-refractivity contribution < 1.29 is 19.2 Å². The summed E-state index contributed by atoms with van der Waals surface area (Å²) in [5, 5.41) is 4.20. The number of carbonyl (C=O) groups is 4. The van der Waals surface area contributed by atoms with Crippen LogP contribution in [0.5, 0.6) is 0 Å². The first kappa shape index (κ1) is 16.9. The Hall–Kier alpha value is -2.50. The minimum Gasteiger partial charge on any atom is -0.299 e. The summed E-state index contributed by atoms with van der Waals surface area (Å²) >= 11 is 0. The van der Waals surface area contributed by atoms with E-state index in [-0.39, 0.29) is 12.2 Å². The molecule has 6 nitrogen and oxygen atoms in total. The van der Waals surface area contributed by atoms with Crippen LogP contribution in [0.3, 0.4) is 0 Å². The predicted octanol–water partition coefficient (Wildman–Crippen LogP) is 1.76. The maximum atomic E-state index is 12.4. The van der Waals surface area contributed by atoms with Gasteiger partial charge in [0, 0.05) is 17.8 Å². The molecule has 0 aliphatic carbocycles. The number of nitrogens with one attached hydrogen (secondary N) is 2. The third-order valence-corrected chi connectivity index (χ3v) is 3.91. The van der Waals surface area contributed by atoms with Gasteiger partial charge in [-0.2, -0.15) is 0 Å². The monoisotopic (exact) mass is 316 g/mol. The van der Waals surface area contributed by atoms with Gasteiger partial charge in [0.05, 0.1) is 0 Å². The van der Waals surface area contributed by atoms with Crippen molar-refractivity contribution in [3.8, 4) is 0 Å². The first-order valence-corrected chi connectivity index (χ1v) is 7.44. The fourth-order valence-corrected chi connectivity index (χ4v) is 2.53. The Balaban J connectivity index is 2.38. The molecule has 0 radical (unpaired) electrons. The molecule has 1 aliphatic heterocycles. The SMILES string of the molecule is CC(C)(C)C(=O)CC(c1ccccc1)C1C(=O)NC(=O)NC1=O. The van der Waals surface area contributed by atoms with Crippen LogP contribution in [-0.4, -0.2) is 23.6 Å². The van der Waals surface area contributed by atoms with Crippen LogP contribution >= 0.6 is 0 Å². The summed E-state index contributed by atoms with van der Waals surface area (Å²) in [6.45, 7) is 5.38. The number of amides is 4. The molecule has 0 spiro atoms. The highest BCUT2D eigenvalue weighted by atomic mass is 16.2. The van der Waals surface area contributed by atoms with Crippen LogP contribution in [0.2, 0.25) is 0 Å². The first-order chi connectivity index (χ1) is 10.7. The van der Waals surface area contributed by atoms with Crippen LogP contribution in [0, 0.1) is 11.3 Å². The highest BCUT2D eigenvalue weighted by Gasteiger charge is 2.42. The molecule has 6 heteroatoms. The van der Waals surface area contributed by atoms with Crippen LogP contribution in [0.4, 0.5) is 4.79 Å². The molecule has 1 heterocycles. The van der Waals surface area contributed by atoms with Gasteiger partial charge in [-0.05, 0) is 5.56 Å². The van der Waals surface area contributed by atoms with Crippen LogP contribution < -0.4 is 10.6 Å². The minimum atomic E-state index is -1.11. The van der Waals surface area contributed by atoms with Crippen molar-refractivity contribution in [1.82, 2.24) is 10.6 Å². The molecule has 0 aromatic heterocycles. The van der Waals surface area contributed by atoms with E-state index in [9.17, 15) is 19.2 Å². The van der Waals surface area contributed by atoms with Gasteiger partial charge in [0.25, 0.3) is 0 Å². The van der Waals surface area contributed by atoms with Crippen molar-refractivity contribution in [2.75, 3.05) is 0 Å². The Kier molecular flexibility index (Phi) is 4.63. The van der Waals surface area contributed by atoms with Gasteiger partial charge in [0.15, 0.2) is 0 Å². The van der Waals surface area contributed by atoms with E-state index in [4.69, 9.17) is 0 Å². The van der Waals surface area contributed by atoms with Crippen molar-refractivity contribution in [2.45, 2.75) is 33.1 Å². The Morgan fingerprint density at radius 2 is 1.57 bits per heavy atom. The largest absolute Gasteiger partial charge is 0.328 e. The van der Waals surface area contributed by atoms with Gasteiger partial charge in [-0.3, -0.25) is 25.0 Å². The van der Waals surface area contributed by atoms with Gasteiger partial charge < -0.3 is 0 Å². The number of hydrogen-bond donors (Lipinski definition) is 2. The molecule has 23 heavy (non-hydrogen) atoms. The summed E-state index contributed by atoms with van der Waals surface area (Å²) in [7, 11) is 0. The van der Waals surface area contributed by atoms with Crippen LogP contribution in [0.15, 0.2) is 30.3 Å². The van der Waals surface area contributed by atoms with Gasteiger partial charge in [-0.15, -0.1) is 0 Å². The molecule has 0 bridgehead atoms. The lowest BCUT2D eigenvalue weighted by molar-refractivity contribution is -0.137. The summed E-state index contributed by atoms with van der Waals surface area (Å²) in [4.78, 5) is 48.0. The maximum absolute atomic E-state index is 12.4. The number of hydrogen-bond acceptors (Lipinski definition) is 4. The molecule has 1 atom stereocenters. The highest BCUT2D eigenvalue weighted by Crippen LogP contribution is 2.33. The number of Topliss-reactive ketones (excluding diaryl/α,β-unsaturated/α-hetero) is 1. The molecular formula is C17H20N2O4. The zero-order valence-electron chi connectivity index (χ0n) is 13.4. The third-order valence-electron chi connectivity index (χ3n) is 3.91. The topological polar surface area (TPSA) is 92.3 Å². The summed E-state index contributed by atoms with van der Waals surface area (Å²) in [6, 6.07) is 8.11. The van der Waals surface area contributed by atoms with Crippen LogP contribution in [0.1, 0.15) is 38.7 Å². The summed E-state index contributed by atoms with van der Waals surface area (Å²) in [6.07, 6.45) is 0.0488. The Morgan fingerprint density at radius 3 is 2.04 bits per heavy atom. The molecule has 1 unspecified atom stereocenters. The smallest absolute Gasteiger partial charge is 0.299 e. The van der Waals surface area contributed by atoms with E-state index in [0.29, 0.717) is 0 Å². The molecular weight excluding hydrogens is 296 g/mol. The van der Waals surface area contributed by atoms with Crippen molar-refractivity contribution in [3.63, 3.8) is 0 Å². The molecule has 2 rings (SSSR count). The molecule has 1 aliphatic rings. The normalized spacial score (nSPS) is 17.4. The van der Waals surface area contributed by atoms with Crippen molar-refractivity contribution >= 4 is 23.6 Å². The number of carbonyl (C=O) groups excluding carboxylic acids is 4. The molecule has 1 fully saturated rings. The number of urea groups is 1. The lowest BCUT2D eigenvalue weighted by Crippen LogP contribution is -2.57. The number of ketones is 1. The molecule has 1 aromatic carbocycles. The highest BCUT2D eigenvalue weighted by molar-refractivity contribution is 6.16. The second-order valence-corrected chi connectivity index (χ2v) is 6.68. The van der Waals surface area contributed by atoms with E-state index < -0.39 is 35.1 Å². The Morgan fingerprint density at radius 1 is 1.04 bits per heavy atom. The van der Waals surface area contributed by atoms with E-state index >= 15 is 0 Å². The summed E-state index contributed by atoms with van der Waals surface area (Å²) < 4.78 is 0. The van der Waals surface area contributed by atoms with Crippen molar-refractivity contribution in [2.24, 2.45) is 11.3 Å². The van der Waals surface area contributed by atoms with E-state index in [1.165, 1.54) is 0 Å². The summed E-state index contributed by atoms with van der Waals surface area (Å²) in [5.41, 5.74) is 0.138. The van der Waals surface area contributed by atoms with Gasteiger partial charge in [-0.25, -0.2) is 4.79 Å². The van der Waals surface area contributed by atoms with E-state index in [2.05, 4.69) is 10.6 Å². The van der Waals surface area contributed by atoms with E-state index in [1.54, 1.807) is 45.0 Å². The number of rotatable bonds is 4. The zero-order chi connectivity index (χ0) is 17.2. The van der Waals surface area contributed by atoms with E-state index in [0.717, 1.165) is 5.56 Å². The molecule has 1 saturated heterocycles. The van der Waals surface area contributed by atoms with Gasteiger partial charge >= 0.3 is 6.03 Å². The lowest BCUT2D eigenvalue weighted by Gasteiger charge is -2.30. The van der Waals surface area contributed by atoms with Gasteiger partial charge in [-0.1, -0.05) is 51.1 Å². The van der Waals surface area contributed by atoms with Crippen molar-refractivity contribution in [1.29, 1.82) is 0 Å². The molecule has 4 amide bonds. The quantitative estimate of drug-likeness (QED) is 0.828. The number of benzene rings is 1. The van der Waals surface area contributed by atoms with Crippen LogP contribution in [-0.2, 0) is 14.4 Å². The van der Waals surface area contributed by atoms with E-state index in [1.807, 2.05) is 6.07 Å². The number of barbiturate groups is 1. The number of imide groups is 2. The third kappa shape index (κ3) is 3.83. The molecule has 2 N–H and O–H groups in total. The van der Waals surface area contributed by atoms with Gasteiger partial charge in [0.2, 0.25) is 11.8 Å². The lowest BCUT2D eigenvalue weighted by atomic mass is 9.76. The van der Waals surface area contributed by atoms with Crippen LogP contribution in [0.25, 0.3) is 0 Å². The predicted molar refractivity (Wildman–Crippen MR) is 83.4 cm³/mol. The molecule has 0 saturated carbocycles. The molecule has 122 valence electrons. The minimum absolute atomic E-state index is 0.0488. The average Bonchev–Trinajstić information content (AvgIpc) is 2.45. The first-order valence-electron chi connectivity index (χ1n) is 7.44. The zero-order valence-corrected chi connectivity index (χ0v) is 13.4. The van der Waals surface area contributed by atoms with Crippen molar-refractivity contribution in [3.05, 3.63) is 35.9 Å². The Labute approximate surface area is 134 Å². The van der Waals surface area contributed by atoms with Gasteiger partial charge in [0.1, 0.15) is 11.7 Å². The molecule has 1 aromatic rings. The average molecular weight is 316 g/mol. The maximum Gasteiger partial charge on any atom is 0.328 e. The second-order valence-electron chi connectivity index (χ2n) is 6.68. The Bertz CT molecular complexity index is 626. The summed E-state index contributed by atoms with van der Waals surface area (Å²) in [5.74, 6) is -3.12. The standard InChI is InChI=1S/C17H20N2O4/c1-17(2,3)12(20)9-11(10-7-5-4-6-8-10)13-14(21)18-16(23)19-15(13)22/h4-8,11,13H,9H2,1-3H3,(H2,18,19,21,22,23). The second kappa shape index (κ2) is 6.32. The fraction of sp³-hybridized carbons (Fsp3) is 0.412.